The van der Waals surface area contributed by atoms with Crippen LogP contribution < -0.4 is 5.32 Å². The third-order valence-electron chi connectivity index (χ3n) is 2.74. The Morgan fingerprint density at radius 3 is 2.19 bits per heavy atom. The fraction of sp³-hybridized carbons (Fsp3) is 0.909. The molecule has 0 saturated heterocycles. The van der Waals surface area contributed by atoms with E-state index in [2.05, 4.69) is 5.32 Å². The smallest absolute Gasteiger partial charge is 0.306 e. The molecule has 0 saturated carbocycles. The van der Waals surface area contributed by atoms with Crippen LogP contribution in [0.4, 0.5) is 0 Å². The van der Waals surface area contributed by atoms with Gasteiger partial charge in [0, 0.05) is 13.1 Å². The first-order chi connectivity index (χ1) is 7.51. The highest BCUT2D eigenvalue weighted by atomic mass is 16.4. The Morgan fingerprint density at radius 2 is 1.75 bits per heavy atom. The van der Waals surface area contributed by atoms with E-state index in [1.54, 1.807) is 0 Å². The lowest BCUT2D eigenvalue weighted by Gasteiger charge is -2.21. The number of rotatable bonds is 9. The summed E-state index contributed by atoms with van der Waals surface area (Å²) in [6, 6.07) is 0. The van der Waals surface area contributed by atoms with E-state index in [1.165, 1.54) is 0 Å². The minimum Gasteiger partial charge on any atom is -0.481 e. The minimum atomic E-state index is -1.02. The van der Waals surface area contributed by atoms with Crippen LogP contribution in [-0.4, -0.2) is 46.6 Å². The van der Waals surface area contributed by atoms with Gasteiger partial charge in [0.25, 0.3) is 0 Å². The van der Waals surface area contributed by atoms with E-state index in [9.17, 15) is 15.0 Å². The fourth-order valence-corrected chi connectivity index (χ4v) is 1.67. The number of carboxylic acids is 1. The second-order valence-electron chi connectivity index (χ2n) is 4.05. The molecule has 0 aliphatic heterocycles. The van der Waals surface area contributed by atoms with Crippen LogP contribution in [0.15, 0.2) is 0 Å². The summed E-state index contributed by atoms with van der Waals surface area (Å²) in [5.74, 6) is -0.765. The summed E-state index contributed by atoms with van der Waals surface area (Å²) < 4.78 is 0. The van der Waals surface area contributed by atoms with Crippen LogP contribution >= 0.6 is 0 Å². The van der Waals surface area contributed by atoms with E-state index in [0.717, 1.165) is 12.8 Å². The molecule has 0 bridgehead atoms. The minimum absolute atomic E-state index is 0.198. The van der Waals surface area contributed by atoms with Gasteiger partial charge >= 0.3 is 5.97 Å². The Bertz CT molecular complexity index is 194. The Morgan fingerprint density at radius 1 is 1.19 bits per heavy atom. The summed E-state index contributed by atoms with van der Waals surface area (Å²) in [6.45, 7) is 4.64. The van der Waals surface area contributed by atoms with E-state index in [4.69, 9.17) is 5.11 Å². The van der Waals surface area contributed by atoms with Gasteiger partial charge in [0.1, 0.15) is 0 Å². The Kier molecular flexibility index (Phi) is 8.15. The molecule has 0 amide bonds. The lowest BCUT2D eigenvalue weighted by atomic mass is 9.96. The van der Waals surface area contributed by atoms with E-state index in [0.29, 0.717) is 6.54 Å². The van der Waals surface area contributed by atoms with Crippen LogP contribution in [0.1, 0.15) is 33.1 Å². The first-order valence-corrected chi connectivity index (χ1v) is 5.79. The number of hydrogen-bond acceptors (Lipinski definition) is 4. The average Bonchev–Trinajstić information content (AvgIpc) is 2.18. The van der Waals surface area contributed by atoms with Gasteiger partial charge < -0.3 is 20.6 Å². The second-order valence-corrected chi connectivity index (χ2v) is 4.05. The quantitative estimate of drug-likeness (QED) is 0.457. The van der Waals surface area contributed by atoms with Crippen LogP contribution in [0.3, 0.4) is 0 Å². The van der Waals surface area contributed by atoms with Gasteiger partial charge in [0.05, 0.1) is 18.6 Å². The third kappa shape index (κ3) is 6.76. The zero-order chi connectivity index (χ0) is 12.6. The van der Waals surface area contributed by atoms with E-state index in [1.807, 2.05) is 13.8 Å². The number of aliphatic hydroxyl groups excluding tert-OH is 2. The molecule has 4 N–H and O–H groups in total. The SMILES string of the molecule is CCC(CC)C(O)CNCC(O)CC(=O)O. The highest BCUT2D eigenvalue weighted by Gasteiger charge is 2.15. The monoisotopic (exact) mass is 233 g/mol. The number of hydrogen-bond donors (Lipinski definition) is 4. The van der Waals surface area contributed by atoms with Crippen molar-refractivity contribution in [1.82, 2.24) is 5.32 Å². The molecule has 0 fully saturated rings. The fourth-order valence-electron chi connectivity index (χ4n) is 1.67. The first-order valence-electron chi connectivity index (χ1n) is 5.79. The van der Waals surface area contributed by atoms with Crippen molar-refractivity contribution < 1.29 is 20.1 Å². The van der Waals surface area contributed by atoms with Gasteiger partial charge in [-0.15, -0.1) is 0 Å². The lowest BCUT2D eigenvalue weighted by Crippen LogP contribution is -2.37. The predicted molar refractivity (Wildman–Crippen MR) is 61.2 cm³/mol. The lowest BCUT2D eigenvalue weighted by molar-refractivity contribution is -0.139. The molecule has 2 atom stereocenters. The molecule has 96 valence electrons. The van der Waals surface area contributed by atoms with Crippen molar-refractivity contribution in [3.63, 3.8) is 0 Å². The van der Waals surface area contributed by atoms with Crippen molar-refractivity contribution >= 4 is 5.97 Å². The van der Waals surface area contributed by atoms with Crippen LogP contribution in [0, 0.1) is 5.92 Å². The number of carbonyl (C=O) groups is 1. The van der Waals surface area contributed by atoms with Gasteiger partial charge in [0.2, 0.25) is 0 Å². The summed E-state index contributed by atoms with van der Waals surface area (Å²) in [6.07, 6.45) is 0.223. The van der Waals surface area contributed by atoms with Crippen LogP contribution in [0.5, 0.6) is 0 Å². The van der Waals surface area contributed by atoms with Gasteiger partial charge in [-0.25, -0.2) is 0 Å². The molecule has 0 aliphatic carbocycles. The molecule has 16 heavy (non-hydrogen) atoms. The van der Waals surface area contributed by atoms with Gasteiger partial charge in [-0.3, -0.25) is 4.79 Å². The third-order valence-corrected chi connectivity index (χ3v) is 2.74. The van der Waals surface area contributed by atoms with Crippen molar-refractivity contribution in [2.24, 2.45) is 5.92 Å². The van der Waals surface area contributed by atoms with Crippen molar-refractivity contribution in [1.29, 1.82) is 0 Å². The second kappa shape index (κ2) is 8.50. The Labute approximate surface area is 96.5 Å². The molecule has 0 aromatic heterocycles. The molecule has 0 rings (SSSR count). The van der Waals surface area contributed by atoms with Crippen LogP contribution in [0.25, 0.3) is 0 Å². The van der Waals surface area contributed by atoms with Crippen LogP contribution in [0.2, 0.25) is 0 Å². The Balaban J connectivity index is 3.68. The highest BCUT2D eigenvalue weighted by Crippen LogP contribution is 2.12. The molecule has 2 unspecified atom stereocenters. The van der Waals surface area contributed by atoms with Crippen molar-refractivity contribution in [2.45, 2.75) is 45.3 Å². The van der Waals surface area contributed by atoms with E-state index < -0.39 is 18.2 Å². The van der Waals surface area contributed by atoms with Gasteiger partial charge in [0.15, 0.2) is 0 Å². The van der Waals surface area contributed by atoms with Crippen LogP contribution in [-0.2, 0) is 4.79 Å². The Hall–Kier alpha value is -0.650. The zero-order valence-corrected chi connectivity index (χ0v) is 10.0. The summed E-state index contributed by atoms with van der Waals surface area (Å²) in [5.41, 5.74) is 0. The zero-order valence-electron chi connectivity index (χ0n) is 10.0. The van der Waals surface area contributed by atoms with E-state index in [-0.39, 0.29) is 18.9 Å². The topological polar surface area (TPSA) is 89.8 Å². The molecule has 0 spiro atoms. The van der Waals surface area contributed by atoms with Crippen molar-refractivity contribution in [3.8, 4) is 0 Å². The molecule has 5 nitrogen and oxygen atoms in total. The molecular weight excluding hydrogens is 210 g/mol. The summed E-state index contributed by atoms with van der Waals surface area (Å²) in [7, 11) is 0. The van der Waals surface area contributed by atoms with Gasteiger partial charge in [-0.1, -0.05) is 26.7 Å². The largest absolute Gasteiger partial charge is 0.481 e. The number of nitrogens with one attached hydrogen (secondary N) is 1. The predicted octanol–water partition coefficient (Wildman–Crippen LogP) is 0.209. The highest BCUT2D eigenvalue weighted by molar-refractivity contribution is 5.67. The maximum Gasteiger partial charge on any atom is 0.306 e. The summed E-state index contributed by atoms with van der Waals surface area (Å²) in [5, 5.41) is 30.3. The molecule has 5 heteroatoms. The maximum atomic E-state index is 10.3. The van der Waals surface area contributed by atoms with E-state index >= 15 is 0 Å². The molecule has 0 aromatic rings. The normalized spacial score (nSPS) is 15.1. The van der Waals surface area contributed by atoms with Crippen molar-refractivity contribution in [3.05, 3.63) is 0 Å². The average molecular weight is 233 g/mol. The number of carboxylic acid groups (broad SMARTS) is 1. The molecule has 0 aromatic carbocycles. The molecular formula is C11H23NO4. The number of aliphatic carboxylic acids is 1. The maximum absolute atomic E-state index is 10.3. The standard InChI is InChI=1S/C11H23NO4/c1-3-8(4-2)10(14)7-12-6-9(13)5-11(15)16/h8-10,12-14H,3-7H2,1-2H3,(H,15,16). The van der Waals surface area contributed by atoms with Crippen molar-refractivity contribution in [2.75, 3.05) is 13.1 Å². The molecule has 0 heterocycles. The molecule has 0 radical (unpaired) electrons. The first kappa shape index (κ1) is 15.3. The van der Waals surface area contributed by atoms with Gasteiger partial charge in [-0.2, -0.15) is 0 Å². The van der Waals surface area contributed by atoms with Gasteiger partial charge in [-0.05, 0) is 5.92 Å². The number of aliphatic hydroxyl groups is 2. The molecule has 0 aliphatic rings. The summed E-state index contributed by atoms with van der Waals surface area (Å²) >= 11 is 0. The summed E-state index contributed by atoms with van der Waals surface area (Å²) in [4.78, 5) is 10.3.